The number of hydrogen-bond acceptors (Lipinski definition) is 5. The lowest BCUT2D eigenvalue weighted by Gasteiger charge is -2.35. The molecule has 1 aliphatic rings. The maximum absolute atomic E-state index is 12.6. The highest BCUT2D eigenvalue weighted by molar-refractivity contribution is 6.35. The molecule has 2 N–H and O–H groups in total. The van der Waals surface area contributed by atoms with Crippen molar-refractivity contribution in [1.29, 1.82) is 0 Å². The van der Waals surface area contributed by atoms with Crippen molar-refractivity contribution in [2.75, 3.05) is 31.9 Å². The normalized spacial score (nSPS) is 14.1. The fraction of sp³-hybridized carbons (Fsp3) is 0.222. The maximum atomic E-state index is 12.6. The number of benzene rings is 2. The third-order valence-corrected chi connectivity index (χ3v) is 4.87. The van der Waals surface area contributed by atoms with Gasteiger partial charge in [0.2, 0.25) is 0 Å². The first-order valence-electron chi connectivity index (χ1n) is 8.35. The number of piperazine rings is 1. The molecule has 0 aliphatic carbocycles. The van der Waals surface area contributed by atoms with E-state index >= 15 is 0 Å². The van der Waals surface area contributed by atoms with Crippen LogP contribution in [-0.2, 0) is 0 Å². The Morgan fingerprint density at radius 2 is 1.39 bits per heavy atom. The topological polar surface area (TPSA) is 110 Å². The Kier molecular flexibility index (Phi) is 5.71. The molecule has 0 aromatic heterocycles. The molecule has 3 rings (SSSR count). The second kappa shape index (κ2) is 8.04. The van der Waals surface area contributed by atoms with Crippen molar-refractivity contribution in [2.45, 2.75) is 0 Å². The smallest absolute Gasteiger partial charge is 0.292 e. The summed E-state index contributed by atoms with van der Waals surface area (Å²) in [5.41, 5.74) is 5.82. The number of halogens is 2. The SMILES string of the molecule is Nc1ccc(C(=O)N2CCN(C(=O)c3cc(Cl)cc(Cl)c3)CC2)cc1[N+](=O)[O-]. The summed E-state index contributed by atoms with van der Waals surface area (Å²) in [6.07, 6.45) is 0. The minimum atomic E-state index is -0.626. The van der Waals surface area contributed by atoms with Gasteiger partial charge in [0.05, 0.1) is 4.92 Å². The number of hydrogen-bond donors (Lipinski definition) is 1. The van der Waals surface area contributed by atoms with E-state index in [1.165, 1.54) is 18.2 Å². The van der Waals surface area contributed by atoms with Gasteiger partial charge in [-0.05, 0) is 30.3 Å². The summed E-state index contributed by atoms with van der Waals surface area (Å²) < 4.78 is 0. The molecule has 0 spiro atoms. The molecular weight excluding hydrogens is 407 g/mol. The van der Waals surface area contributed by atoms with E-state index in [0.29, 0.717) is 41.8 Å². The molecule has 0 unspecified atom stereocenters. The molecule has 1 heterocycles. The van der Waals surface area contributed by atoms with E-state index in [2.05, 4.69) is 0 Å². The molecule has 2 aromatic rings. The molecule has 0 bridgehead atoms. The minimum Gasteiger partial charge on any atom is -0.393 e. The van der Waals surface area contributed by atoms with E-state index in [0.717, 1.165) is 0 Å². The number of nitrogen functional groups attached to an aromatic ring is 1. The highest BCUT2D eigenvalue weighted by Crippen LogP contribution is 2.24. The number of amides is 2. The van der Waals surface area contributed by atoms with Crippen molar-refractivity contribution in [3.63, 3.8) is 0 Å². The predicted molar refractivity (Wildman–Crippen MR) is 106 cm³/mol. The van der Waals surface area contributed by atoms with Crippen LogP contribution in [0, 0.1) is 10.1 Å². The van der Waals surface area contributed by atoms with Crippen LogP contribution in [0.25, 0.3) is 0 Å². The van der Waals surface area contributed by atoms with Gasteiger partial charge >= 0.3 is 0 Å². The van der Waals surface area contributed by atoms with Crippen molar-refractivity contribution in [2.24, 2.45) is 0 Å². The number of carbonyl (C=O) groups excluding carboxylic acids is 2. The Labute approximate surface area is 170 Å². The third kappa shape index (κ3) is 4.18. The predicted octanol–water partition coefficient (Wildman–Crippen LogP) is 3.08. The first-order chi connectivity index (χ1) is 13.3. The molecule has 0 saturated carbocycles. The van der Waals surface area contributed by atoms with E-state index in [4.69, 9.17) is 28.9 Å². The number of rotatable bonds is 3. The number of nitro benzene ring substituents is 1. The van der Waals surface area contributed by atoms with Crippen LogP contribution in [0.3, 0.4) is 0 Å². The summed E-state index contributed by atoms with van der Waals surface area (Å²) in [5, 5.41) is 11.8. The number of carbonyl (C=O) groups is 2. The average molecular weight is 423 g/mol. The van der Waals surface area contributed by atoms with E-state index in [-0.39, 0.29) is 28.8 Å². The summed E-state index contributed by atoms with van der Waals surface area (Å²) in [6, 6.07) is 8.59. The van der Waals surface area contributed by atoms with Crippen molar-refractivity contribution < 1.29 is 14.5 Å². The average Bonchev–Trinajstić information content (AvgIpc) is 2.66. The third-order valence-electron chi connectivity index (χ3n) is 4.44. The lowest BCUT2D eigenvalue weighted by Crippen LogP contribution is -2.50. The molecule has 1 fully saturated rings. The summed E-state index contributed by atoms with van der Waals surface area (Å²) in [6.45, 7) is 1.26. The van der Waals surface area contributed by atoms with Gasteiger partial charge in [0.25, 0.3) is 17.5 Å². The van der Waals surface area contributed by atoms with Crippen LogP contribution in [0.1, 0.15) is 20.7 Å². The van der Waals surface area contributed by atoms with E-state index in [1.54, 1.807) is 28.0 Å². The zero-order valence-corrected chi connectivity index (χ0v) is 16.1. The fourth-order valence-corrected chi connectivity index (χ4v) is 3.52. The van der Waals surface area contributed by atoms with Gasteiger partial charge in [0.15, 0.2) is 0 Å². The maximum Gasteiger partial charge on any atom is 0.292 e. The van der Waals surface area contributed by atoms with Crippen LogP contribution in [0.15, 0.2) is 36.4 Å². The number of nitrogens with two attached hydrogens (primary N) is 1. The first kappa shape index (κ1) is 19.9. The van der Waals surface area contributed by atoms with Gasteiger partial charge in [0.1, 0.15) is 5.69 Å². The summed E-state index contributed by atoms with van der Waals surface area (Å²) >= 11 is 11.9. The van der Waals surface area contributed by atoms with Crippen LogP contribution < -0.4 is 5.73 Å². The Morgan fingerprint density at radius 3 is 1.89 bits per heavy atom. The van der Waals surface area contributed by atoms with Gasteiger partial charge in [-0.25, -0.2) is 0 Å². The number of nitrogens with zero attached hydrogens (tertiary/aromatic N) is 3. The highest BCUT2D eigenvalue weighted by Gasteiger charge is 2.27. The van der Waals surface area contributed by atoms with Gasteiger partial charge in [0, 0.05) is 53.4 Å². The van der Waals surface area contributed by atoms with E-state index in [9.17, 15) is 19.7 Å². The van der Waals surface area contributed by atoms with E-state index in [1.807, 2.05) is 0 Å². The summed E-state index contributed by atoms with van der Waals surface area (Å²) in [4.78, 5) is 38.8. The van der Waals surface area contributed by atoms with Crippen molar-refractivity contribution in [1.82, 2.24) is 9.80 Å². The minimum absolute atomic E-state index is 0.00264. The molecule has 2 amide bonds. The van der Waals surface area contributed by atoms with Crippen LogP contribution in [0.4, 0.5) is 11.4 Å². The van der Waals surface area contributed by atoms with Gasteiger partial charge in [-0.3, -0.25) is 19.7 Å². The number of anilines is 1. The molecule has 2 aromatic carbocycles. The van der Waals surface area contributed by atoms with Gasteiger partial charge in [-0.15, -0.1) is 0 Å². The molecule has 1 saturated heterocycles. The standard InChI is InChI=1S/C18H16Cl2N4O4/c19-13-7-12(8-14(20)10-13)18(26)23-5-3-22(4-6-23)17(25)11-1-2-15(21)16(9-11)24(27)28/h1-2,7-10H,3-6,21H2. The first-order valence-corrected chi connectivity index (χ1v) is 9.10. The Bertz CT molecular complexity index is 938. The molecule has 1 aliphatic heterocycles. The van der Waals surface area contributed by atoms with Gasteiger partial charge in [-0.2, -0.15) is 0 Å². The monoisotopic (exact) mass is 422 g/mol. The van der Waals surface area contributed by atoms with Gasteiger partial charge < -0.3 is 15.5 Å². The van der Waals surface area contributed by atoms with Crippen LogP contribution in [0.5, 0.6) is 0 Å². The van der Waals surface area contributed by atoms with Crippen molar-refractivity contribution >= 4 is 46.4 Å². The fourth-order valence-electron chi connectivity index (χ4n) is 2.99. The van der Waals surface area contributed by atoms with Crippen LogP contribution in [-0.4, -0.2) is 52.7 Å². The zero-order chi connectivity index (χ0) is 20.4. The van der Waals surface area contributed by atoms with Crippen molar-refractivity contribution in [3.05, 3.63) is 67.7 Å². The molecule has 28 heavy (non-hydrogen) atoms. The zero-order valence-electron chi connectivity index (χ0n) is 14.6. The lowest BCUT2D eigenvalue weighted by molar-refractivity contribution is -0.383. The molecule has 0 radical (unpaired) electrons. The molecular formula is C18H16Cl2N4O4. The summed E-state index contributed by atoms with van der Waals surface area (Å²) in [7, 11) is 0. The Hall–Kier alpha value is -2.84. The Morgan fingerprint density at radius 1 is 0.893 bits per heavy atom. The van der Waals surface area contributed by atoms with Gasteiger partial charge in [-0.1, -0.05) is 23.2 Å². The quantitative estimate of drug-likeness (QED) is 0.464. The molecule has 0 atom stereocenters. The molecule has 8 nitrogen and oxygen atoms in total. The summed E-state index contributed by atoms with van der Waals surface area (Å²) in [5.74, 6) is -0.569. The number of nitro groups is 1. The van der Waals surface area contributed by atoms with E-state index < -0.39 is 4.92 Å². The Balaban J connectivity index is 1.68. The lowest BCUT2D eigenvalue weighted by atomic mass is 10.1. The molecule has 146 valence electrons. The second-order valence-corrected chi connectivity index (χ2v) is 7.15. The highest BCUT2D eigenvalue weighted by atomic mass is 35.5. The van der Waals surface area contributed by atoms with Crippen molar-refractivity contribution in [3.8, 4) is 0 Å². The largest absolute Gasteiger partial charge is 0.393 e. The van der Waals surface area contributed by atoms with Crippen LogP contribution >= 0.6 is 23.2 Å². The van der Waals surface area contributed by atoms with Crippen LogP contribution in [0.2, 0.25) is 10.0 Å². The molecule has 10 heteroatoms. The second-order valence-electron chi connectivity index (χ2n) is 6.27.